The summed E-state index contributed by atoms with van der Waals surface area (Å²) in [7, 11) is 0. The second-order valence-electron chi connectivity index (χ2n) is 5.25. The number of hydrogen-bond donors (Lipinski definition) is 1. The Morgan fingerprint density at radius 3 is 2.26 bits per heavy atom. The van der Waals surface area contributed by atoms with Crippen LogP contribution in [0.4, 0.5) is 5.69 Å². The molecule has 3 heteroatoms. The molecule has 3 rings (SSSR count). The molecule has 0 unspecified atom stereocenters. The Balaban J connectivity index is 1.84. The highest BCUT2D eigenvalue weighted by Gasteiger charge is 2.11. The molecule has 0 saturated heterocycles. The molecular formula is C20H16BrNO. The van der Waals surface area contributed by atoms with E-state index in [0.29, 0.717) is 5.56 Å². The Labute approximate surface area is 144 Å². The third-order valence-electron chi connectivity index (χ3n) is 3.62. The molecule has 0 atom stereocenters. The van der Waals surface area contributed by atoms with Crippen LogP contribution in [0.1, 0.15) is 21.5 Å². The second-order valence-corrected chi connectivity index (χ2v) is 6.11. The number of halogens is 1. The fourth-order valence-corrected chi connectivity index (χ4v) is 2.91. The number of rotatable bonds is 4. The minimum absolute atomic E-state index is 0.113. The topological polar surface area (TPSA) is 29.1 Å². The molecule has 0 aromatic heterocycles. The Kier molecular flexibility index (Phi) is 4.89. The molecule has 1 amide bonds. The molecule has 0 bridgehead atoms. The van der Waals surface area contributed by atoms with Gasteiger partial charge in [0.2, 0.25) is 0 Å². The first kappa shape index (κ1) is 15.5. The van der Waals surface area contributed by atoms with E-state index in [1.165, 1.54) is 5.56 Å². The highest BCUT2D eigenvalue weighted by atomic mass is 79.9. The van der Waals surface area contributed by atoms with Crippen molar-refractivity contribution in [3.8, 4) is 0 Å². The molecule has 0 aliphatic heterocycles. The lowest BCUT2D eigenvalue weighted by Crippen LogP contribution is -2.14. The lowest BCUT2D eigenvalue weighted by molar-refractivity contribution is 0.102. The van der Waals surface area contributed by atoms with E-state index in [2.05, 4.69) is 33.4 Å². The average Bonchev–Trinajstić information content (AvgIpc) is 2.58. The van der Waals surface area contributed by atoms with Crippen molar-refractivity contribution in [3.63, 3.8) is 0 Å². The molecule has 23 heavy (non-hydrogen) atoms. The molecule has 3 aromatic carbocycles. The summed E-state index contributed by atoms with van der Waals surface area (Å²) in [6.07, 6.45) is 0.785. The van der Waals surface area contributed by atoms with Crippen LogP contribution in [0.25, 0.3) is 0 Å². The van der Waals surface area contributed by atoms with E-state index in [-0.39, 0.29) is 5.91 Å². The van der Waals surface area contributed by atoms with Crippen molar-refractivity contribution >= 4 is 27.5 Å². The molecule has 0 aliphatic carbocycles. The van der Waals surface area contributed by atoms with Gasteiger partial charge in [-0.25, -0.2) is 0 Å². The first-order valence-corrected chi connectivity index (χ1v) is 8.21. The van der Waals surface area contributed by atoms with Crippen LogP contribution >= 0.6 is 15.9 Å². The lowest BCUT2D eigenvalue weighted by Gasteiger charge is -2.12. The summed E-state index contributed by atoms with van der Waals surface area (Å²) in [6, 6.07) is 25.6. The van der Waals surface area contributed by atoms with Gasteiger partial charge in [-0.1, -0.05) is 60.7 Å². The Morgan fingerprint density at radius 2 is 1.48 bits per heavy atom. The SMILES string of the molecule is O=C(Nc1ccccc1Cc1ccccc1)c1ccccc1Br. The first-order chi connectivity index (χ1) is 11.2. The third kappa shape index (κ3) is 3.88. The summed E-state index contributed by atoms with van der Waals surface area (Å²) in [5, 5.41) is 3.02. The van der Waals surface area contributed by atoms with Gasteiger partial charge in [-0.3, -0.25) is 4.79 Å². The van der Waals surface area contributed by atoms with E-state index in [9.17, 15) is 4.79 Å². The number of anilines is 1. The number of benzene rings is 3. The van der Waals surface area contributed by atoms with Gasteiger partial charge in [-0.05, 0) is 51.7 Å². The predicted molar refractivity (Wildman–Crippen MR) is 97.8 cm³/mol. The van der Waals surface area contributed by atoms with Gasteiger partial charge < -0.3 is 5.32 Å². The predicted octanol–water partition coefficient (Wildman–Crippen LogP) is 5.29. The van der Waals surface area contributed by atoms with Gasteiger partial charge in [0.15, 0.2) is 0 Å². The van der Waals surface area contributed by atoms with Crippen molar-refractivity contribution in [2.75, 3.05) is 5.32 Å². The van der Waals surface area contributed by atoms with Crippen LogP contribution in [0, 0.1) is 0 Å². The Bertz CT molecular complexity index is 815. The van der Waals surface area contributed by atoms with Crippen molar-refractivity contribution in [1.82, 2.24) is 0 Å². The van der Waals surface area contributed by atoms with Crippen molar-refractivity contribution < 1.29 is 4.79 Å². The molecule has 3 aromatic rings. The van der Waals surface area contributed by atoms with Crippen molar-refractivity contribution in [1.29, 1.82) is 0 Å². The summed E-state index contributed by atoms with van der Waals surface area (Å²) in [5.74, 6) is -0.113. The number of para-hydroxylation sites is 1. The molecule has 0 radical (unpaired) electrons. The molecule has 114 valence electrons. The molecule has 0 fully saturated rings. The highest BCUT2D eigenvalue weighted by molar-refractivity contribution is 9.10. The zero-order valence-corrected chi connectivity index (χ0v) is 14.1. The molecule has 0 heterocycles. The number of nitrogens with one attached hydrogen (secondary N) is 1. The standard InChI is InChI=1S/C20H16BrNO/c21-18-12-6-5-11-17(18)20(23)22-19-13-7-4-10-16(19)14-15-8-2-1-3-9-15/h1-13H,14H2,(H,22,23). The number of amides is 1. The number of hydrogen-bond acceptors (Lipinski definition) is 1. The van der Waals surface area contributed by atoms with Gasteiger partial charge in [0.1, 0.15) is 0 Å². The van der Waals surface area contributed by atoms with Crippen molar-refractivity contribution in [2.24, 2.45) is 0 Å². The van der Waals surface area contributed by atoms with E-state index in [1.54, 1.807) is 6.07 Å². The Morgan fingerprint density at radius 1 is 0.826 bits per heavy atom. The van der Waals surface area contributed by atoms with E-state index in [4.69, 9.17) is 0 Å². The Hall–Kier alpha value is -2.39. The van der Waals surface area contributed by atoms with Crippen LogP contribution in [0.15, 0.2) is 83.3 Å². The van der Waals surface area contributed by atoms with Gasteiger partial charge in [-0.15, -0.1) is 0 Å². The molecule has 0 spiro atoms. The van der Waals surface area contributed by atoms with Gasteiger partial charge in [0.25, 0.3) is 5.91 Å². The summed E-state index contributed by atoms with van der Waals surface area (Å²) in [4.78, 5) is 12.5. The summed E-state index contributed by atoms with van der Waals surface area (Å²) >= 11 is 3.42. The highest BCUT2D eigenvalue weighted by Crippen LogP contribution is 2.22. The molecule has 0 aliphatic rings. The van der Waals surface area contributed by atoms with Gasteiger partial charge in [-0.2, -0.15) is 0 Å². The minimum atomic E-state index is -0.113. The van der Waals surface area contributed by atoms with Gasteiger partial charge in [0, 0.05) is 10.2 Å². The van der Waals surface area contributed by atoms with Crippen molar-refractivity contribution in [3.05, 3.63) is 100 Å². The maximum absolute atomic E-state index is 12.5. The van der Waals surface area contributed by atoms with E-state index in [0.717, 1.165) is 22.1 Å². The summed E-state index contributed by atoms with van der Waals surface area (Å²) < 4.78 is 0.790. The van der Waals surface area contributed by atoms with Crippen LogP contribution in [0.3, 0.4) is 0 Å². The van der Waals surface area contributed by atoms with Crippen LogP contribution in [-0.4, -0.2) is 5.91 Å². The summed E-state index contributed by atoms with van der Waals surface area (Å²) in [5.41, 5.74) is 3.79. The zero-order chi connectivity index (χ0) is 16.1. The monoisotopic (exact) mass is 365 g/mol. The number of carbonyl (C=O) groups is 1. The summed E-state index contributed by atoms with van der Waals surface area (Å²) in [6.45, 7) is 0. The second kappa shape index (κ2) is 7.25. The maximum Gasteiger partial charge on any atom is 0.256 e. The third-order valence-corrected chi connectivity index (χ3v) is 4.31. The maximum atomic E-state index is 12.5. The lowest BCUT2D eigenvalue weighted by atomic mass is 10.0. The smallest absolute Gasteiger partial charge is 0.256 e. The number of carbonyl (C=O) groups excluding carboxylic acids is 1. The molecule has 0 saturated carbocycles. The first-order valence-electron chi connectivity index (χ1n) is 7.42. The van der Waals surface area contributed by atoms with Crippen LogP contribution in [0.5, 0.6) is 0 Å². The molecular weight excluding hydrogens is 350 g/mol. The van der Waals surface area contributed by atoms with E-state index in [1.807, 2.05) is 60.7 Å². The van der Waals surface area contributed by atoms with Gasteiger partial charge in [0.05, 0.1) is 5.56 Å². The molecule has 1 N–H and O–H groups in total. The van der Waals surface area contributed by atoms with Gasteiger partial charge >= 0.3 is 0 Å². The minimum Gasteiger partial charge on any atom is -0.322 e. The van der Waals surface area contributed by atoms with Crippen molar-refractivity contribution in [2.45, 2.75) is 6.42 Å². The zero-order valence-electron chi connectivity index (χ0n) is 12.5. The van der Waals surface area contributed by atoms with E-state index >= 15 is 0 Å². The van der Waals surface area contributed by atoms with Crippen LogP contribution < -0.4 is 5.32 Å². The quantitative estimate of drug-likeness (QED) is 0.668. The molecule has 2 nitrogen and oxygen atoms in total. The normalized spacial score (nSPS) is 10.3. The van der Waals surface area contributed by atoms with Crippen LogP contribution in [-0.2, 0) is 6.42 Å². The fraction of sp³-hybridized carbons (Fsp3) is 0.0500. The van der Waals surface area contributed by atoms with E-state index < -0.39 is 0 Å². The fourth-order valence-electron chi connectivity index (χ4n) is 2.45. The average molecular weight is 366 g/mol. The largest absolute Gasteiger partial charge is 0.322 e. The van der Waals surface area contributed by atoms with Crippen LogP contribution in [0.2, 0.25) is 0 Å².